The molecule has 0 aliphatic rings. The predicted molar refractivity (Wildman–Crippen MR) is 75.2 cm³/mol. The first-order valence-corrected chi connectivity index (χ1v) is 6.74. The lowest BCUT2D eigenvalue weighted by atomic mass is 10.1. The highest BCUT2D eigenvalue weighted by atomic mass is 19.1. The quantitative estimate of drug-likeness (QED) is 0.866. The molecule has 0 fully saturated rings. The van der Waals surface area contributed by atoms with Crippen molar-refractivity contribution in [1.82, 2.24) is 9.55 Å². The summed E-state index contributed by atoms with van der Waals surface area (Å²) in [6.07, 6.45) is 6.95. The van der Waals surface area contributed by atoms with Gasteiger partial charge in [-0.1, -0.05) is 19.8 Å². The van der Waals surface area contributed by atoms with Crippen LogP contribution in [-0.4, -0.2) is 16.1 Å². The Morgan fingerprint density at radius 1 is 1.32 bits per heavy atom. The predicted octanol–water partition coefficient (Wildman–Crippen LogP) is 3.38. The van der Waals surface area contributed by atoms with E-state index in [1.165, 1.54) is 12.1 Å². The van der Waals surface area contributed by atoms with Crippen LogP contribution in [0.1, 0.15) is 32.2 Å². The van der Waals surface area contributed by atoms with E-state index in [9.17, 15) is 4.39 Å². The molecule has 0 bridgehead atoms. The van der Waals surface area contributed by atoms with Gasteiger partial charge in [0.1, 0.15) is 5.82 Å². The average molecular weight is 261 g/mol. The summed E-state index contributed by atoms with van der Waals surface area (Å²) < 4.78 is 15.1. The first-order valence-electron chi connectivity index (χ1n) is 6.74. The SMILES string of the molecule is CCCCC(CN)n1cncc1-c1ccc(F)cc1. The number of rotatable bonds is 6. The second-order valence-corrected chi connectivity index (χ2v) is 4.72. The van der Waals surface area contributed by atoms with Crippen molar-refractivity contribution < 1.29 is 4.39 Å². The van der Waals surface area contributed by atoms with Gasteiger partial charge in [0.05, 0.1) is 18.2 Å². The second-order valence-electron chi connectivity index (χ2n) is 4.72. The monoisotopic (exact) mass is 261 g/mol. The van der Waals surface area contributed by atoms with Crippen LogP contribution >= 0.6 is 0 Å². The van der Waals surface area contributed by atoms with E-state index < -0.39 is 0 Å². The van der Waals surface area contributed by atoms with Crippen LogP contribution in [0.3, 0.4) is 0 Å². The first kappa shape index (κ1) is 13.7. The van der Waals surface area contributed by atoms with Crippen LogP contribution in [0.25, 0.3) is 11.3 Å². The lowest BCUT2D eigenvalue weighted by molar-refractivity contribution is 0.461. The van der Waals surface area contributed by atoms with Gasteiger partial charge >= 0.3 is 0 Å². The molecule has 1 aromatic heterocycles. The minimum Gasteiger partial charge on any atom is -0.328 e. The Labute approximate surface area is 113 Å². The Kier molecular flexibility index (Phi) is 4.68. The molecule has 1 atom stereocenters. The number of imidazole rings is 1. The van der Waals surface area contributed by atoms with Gasteiger partial charge in [0.15, 0.2) is 0 Å². The van der Waals surface area contributed by atoms with Crippen molar-refractivity contribution in [2.45, 2.75) is 32.2 Å². The Morgan fingerprint density at radius 3 is 2.68 bits per heavy atom. The number of unbranched alkanes of at least 4 members (excludes halogenated alkanes) is 1. The van der Waals surface area contributed by atoms with Gasteiger partial charge in [-0.2, -0.15) is 0 Å². The maximum absolute atomic E-state index is 13.0. The van der Waals surface area contributed by atoms with Crippen LogP contribution in [0.15, 0.2) is 36.8 Å². The van der Waals surface area contributed by atoms with Gasteiger partial charge < -0.3 is 10.3 Å². The van der Waals surface area contributed by atoms with Crippen molar-refractivity contribution in [3.63, 3.8) is 0 Å². The number of benzene rings is 1. The number of nitrogens with zero attached hydrogens (tertiary/aromatic N) is 2. The summed E-state index contributed by atoms with van der Waals surface area (Å²) in [5.74, 6) is -0.226. The Balaban J connectivity index is 2.27. The largest absolute Gasteiger partial charge is 0.328 e. The van der Waals surface area contributed by atoms with Crippen LogP contribution in [0, 0.1) is 5.82 Å². The number of nitrogens with two attached hydrogens (primary N) is 1. The summed E-state index contributed by atoms with van der Waals surface area (Å²) in [5.41, 5.74) is 7.83. The van der Waals surface area contributed by atoms with Crippen LogP contribution in [0.4, 0.5) is 4.39 Å². The molecule has 0 aliphatic carbocycles. The minimum atomic E-state index is -0.226. The van der Waals surface area contributed by atoms with Gasteiger partial charge in [-0.25, -0.2) is 9.37 Å². The molecule has 2 N–H and O–H groups in total. The minimum absolute atomic E-state index is 0.226. The van der Waals surface area contributed by atoms with Crippen LogP contribution in [0.5, 0.6) is 0 Å². The van der Waals surface area contributed by atoms with Gasteiger partial charge in [-0.15, -0.1) is 0 Å². The highest BCUT2D eigenvalue weighted by Crippen LogP contribution is 2.24. The van der Waals surface area contributed by atoms with E-state index in [1.807, 2.05) is 12.5 Å². The zero-order valence-corrected chi connectivity index (χ0v) is 11.2. The number of hydrogen-bond donors (Lipinski definition) is 1. The van der Waals surface area contributed by atoms with E-state index in [0.717, 1.165) is 30.5 Å². The fourth-order valence-electron chi connectivity index (χ4n) is 2.25. The first-order chi connectivity index (χ1) is 9.26. The molecule has 0 aliphatic heterocycles. The third-order valence-corrected chi connectivity index (χ3v) is 3.36. The fraction of sp³-hybridized carbons (Fsp3) is 0.400. The van der Waals surface area contributed by atoms with E-state index in [-0.39, 0.29) is 11.9 Å². The molecule has 1 aromatic carbocycles. The Bertz CT molecular complexity index is 504. The normalized spacial score (nSPS) is 12.6. The molecule has 3 nitrogen and oxygen atoms in total. The summed E-state index contributed by atoms with van der Waals surface area (Å²) >= 11 is 0. The van der Waals surface area contributed by atoms with E-state index in [1.54, 1.807) is 12.1 Å². The van der Waals surface area contributed by atoms with E-state index in [2.05, 4.69) is 16.5 Å². The number of hydrogen-bond acceptors (Lipinski definition) is 2. The van der Waals surface area contributed by atoms with Crippen LogP contribution in [0.2, 0.25) is 0 Å². The molecular weight excluding hydrogens is 241 g/mol. The van der Waals surface area contributed by atoms with E-state index >= 15 is 0 Å². The molecule has 1 heterocycles. The van der Waals surface area contributed by atoms with Crippen molar-refractivity contribution in [3.8, 4) is 11.3 Å². The summed E-state index contributed by atoms with van der Waals surface area (Å²) in [6, 6.07) is 6.74. The molecule has 0 amide bonds. The van der Waals surface area contributed by atoms with E-state index in [4.69, 9.17) is 5.73 Å². The average Bonchev–Trinajstić information content (AvgIpc) is 2.90. The van der Waals surface area contributed by atoms with Crippen LogP contribution in [-0.2, 0) is 0 Å². The molecule has 4 heteroatoms. The lowest BCUT2D eigenvalue weighted by Crippen LogP contribution is -2.19. The molecule has 19 heavy (non-hydrogen) atoms. The van der Waals surface area contributed by atoms with Gasteiger partial charge in [0, 0.05) is 12.6 Å². The molecule has 2 rings (SSSR count). The smallest absolute Gasteiger partial charge is 0.123 e. The topological polar surface area (TPSA) is 43.8 Å². The van der Waals surface area contributed by atoms with Crippen molar-refractivity contribution in [1.29, 1.82) is 0 Å². The highest BCUT2D eigenvalue weighted by molar-refractivity contribution is 5.58. The standard InChI is InChI=1S/C15H20FN3/c1-2-3-4-14(9-17)19-11-18-10-15(19)12-5-7-13(16)8-6-12/h5-8,10-11,14H,2-4,9,17H2,1H3. The van der Waals surface area contributed by atoms with Crippen molar-refractivity contribution in [2.75, 3.05) is 6.54 Å². The summed E-state index contributed by atoms with van der Waals surface area (Å²) in [6.45, 7) is 2.76. The number of halogens is 1. The molecule has 0 radical (unpaired) electrons. The molecule has 102 valence electrons. The third-order valence-electron chi connectivity index (χ3n) is 3.36. The summed E-state index contributed by atoms with van der Waals surface area (Å²) in [5, 5.41) is 0. The zero-order valence-electron chi connectivity index (χ0n) is 11.2. The molecular formula is C15H20FN3. The fourth-order valence-corrected chi connectivity index (χ4v) is 2.25. The zero-order chi connectivity index (χ0) is 13.7. The molecule has 0 spiro atoms. The van der Waals surface area contributed by atoms with Gasteiger partial charge in [0.25, 0.3) is 0 Å². The van der Waals surface area contributed by atoms with Gasteiger partial charge in [0.2, 0.25) is 0 Å². The lowest BCUT2D eigenvalue weighted by Gasteiger charge is -2.19. The third kappa shape index (κ3) is 3.20. The highest BCUT2D eigenvalue weighted by Gasteiger charge is 2.13. The Morgan fingerprint density at radius 2 is 2.05 bits per heavy atom. The summed E-state index contributed by atoms with van der Waals surface area (Å²) in [4.78, 5) is 4.21. The van der Waals surface area contributed by atoms with Crippen LogP contribution < -0.4 is 5.73 Å². The molecule has 2 aromatic rings. The molecule has 0 saturated heterocycles. The van der Waals surface area contributed by atoms with Crippen molar-refractivity contribution >= 4 is 0 Å². The Hall–Kier alpha value is -1.68. The summed E-state index contributed by atoms with van der Waals surface area (Å²) in [7, 11) is 0. The molecule has 0 saturated carbocycles. The number of aromatic nitrogens is 2. The van der Waals surface area contributed by atoms with Gasteiger partial charge in [-0.3, -0.25) is 0 Å². The van der Waals surface area contributed by atoms with E-state index in [0.29, 0.717) is 6.54 Å². The molecule has 1 unspecified atom stereocenters. The van der Waals surface area contributed by atoms with Crippen molar-refractivity contribution in [3.05, 3.63) is 42.6 Å². The van der Waals surface area contributed by atoms with Crippen molar-refractivity contribution in [2.24, 2.45) is 5.73 Å². The second kappa shape index (κ2) is 6.48. The van der Waals surface area contributed by atoms with Gasteiger partial charge in [-0.05, 0) is 36.2 Å². The maximum atomic E-state index is 13.0. The maximum Gasteiger partial charge on any atom is 0.123 e.